The Balaban J connectivity index is 3.31. The highest BCUT2D eigenvalue weighted by atomic mass is 127. The molecule has 0 spiro atoms. The molecule has 72 valence electrons. The minimum Gasteiger partial charge on any atom is -0.481 e. The van der Waals surface area contributed by atoms with Crippen molar-refractivity contribution in [1.82, 2.24) is 4.98 Å². The summed E-state index contributed by atoms with van der Waals surface area (Å²) in [6, 6.07) is 0.870. The van der Waals surface area contributed by atoms with Crippen molar-refractivity contribution >= 4 is 22.6 Å². The number of hydrogen-bond acceptors (Lipinski definition) is 2. The minimum atomic E-state index is -2.70. The third-order valence-corrected chi connectivity index (χ3v) is 2.42. The van der Waals surface area contributed by atoms with E-state index in [2.05, 4.69) is 4.98 Å². The van der Waals surface area contributed by atoms with Gasteiger partial charge in [-0.05, 0) is 22.6 Å². The van der Waals surface area contributed by atoms with Crippen molar-refractivity contribution in [3.63, 3.8) is 0 Å². The lowest BCUT2D eigenvalue weighted by Gasteiger charge is -2.05. The largest absolute Gasteiger partial charge is 0.481 e. The fraction of sp³-hybridized carbons (Fsp3) is 0.286. The average Bonchev–Trinajstić information content (AvgIpc) is 2.09. The molecule has 0 radical (unpaired) electrons. The Morgan fingerprint density at radius 3 is 2.69 bits per heavy atom. The molecule has 0 aliphatic heterocycles. The maximum atomic E-state index is 12.2. The summed E-state index contributed by atoms with van der Waals surface area (Å²) in [4.78, 5) is 13.4. The molecule has 13 heavy (non-hydrogen) atoms. The van der Waals surface area contributed by atoms with Crippen LogP contribution in [0.1, 0.15) is 12.1 Å². The smallest absolute Gasteiger partial charge is 0.278 e. The zero-order valence-corrected chi connectivity index (χ0v) is 8.76. The van der Waals surface area contributed by atoms with Crippen LogP contribution in [0.25, 0.3) is 0 Å². The van der Waals surface area contributed by atoms with E-state index in [1.807, 2.05) is 0 Å². The summed E-state index contributed by atoms with van der Waals surface area (Å²) in [7, 11) is 1.31. The van der Waals surface area contributed by atoms with Crippen LogP contribution in [-0.2, 0) is 0 Å². The van der Waals surface area contributed by atoms with Gasteiger partial charge in [0.2, 0.25) is 5.88 Å². The van der Waals surface area contributed by atoms with Gasteiger partial charge >= 0.3 is 0 Å². The highest BCUT2D eigenvalue weighted by molar-refractivity contribution is 14.1. The Morgan fingerprint density at radius 2 is 2.23 bits per heavy atom. The first-order valence-corrected chi connectivity index (χ1v) is 4.39. The summed E-state index contributed by atoms with van der Waals surface area (Å²) in [6.07, 6.45) is -2.70. The van der Waals surface area contributed by atoms with E-state index in [9.17, 15) is 13.6 Å². The van der Waals surface area contributed by atoms with Crippen molar-refractivity contribution < 1.29 is 13.5 Å². The predicted molar refractivity (Wildman–Crippen MR) is 51.3 cm³/mol. The van der Waals surface area contributed by atoms with Crippen LogP contribution in [0.15, 0.2) is 10.9 Å². The van der Waals surface area contributed by atoms with E-state index in [4.69, 9.17) is 4.74 Å². The van der Waals surface area contributed by atoms with E-state index in [0.717, 1.165) is 6.07 Å². The molecular weight excluding hydrogens is 295 g/mol. The normalized spacial score (nSPS) is 10.5. The quantitative estimate of drug-likeness (QED) is 0.848. The summed E-state index contributed by atoms with van der Waals surface area (Å²) < 4.78 is 29.3. The molecule has 0 atom stereocenters. The second kappa shape index (κ2) is 4.03. The first-order chi connectivity index (χ1) is 6.06. The summed E-state index contributed by atoms with van der Waals surface area (Å²) >= 11 is 1.73. The number of pyridine rings is 1. The minimum absolute atomic E-state index is 0.0726. The third-order valence-electron chi connectivity index (χ3n) is 1.40. The van der Waals surface area contributed by atoms with Gasteiger partial charge in [-0.2, -0.15) is 0 Å². The number of hydrogen-bond donors (Lipinski definition) is 1. The standard InChI is InChI=1S/C7H6F2INO2/c1-13-7-5(10)4(12)2-3(11-7)6(8)9/h2,6H,1H3,(H,11,12). The first kappa shape index (κ1) is 10.4. The lowest BCUT2D eigenvalue weighted by molar-refractivity contribution is 0.144. The number of rotatable bonds is 2. The van der Waals surface area contributed by atoms with E-state index in [0.29, 0.717) is 0 Å². The first-order valence-electron chi connectivity index (χ1n) is 3.31. The topological polar surface area (TPSA) is 42.1 Å². The van der Waals surface area contributed by atoms with Crippen molar-refractivity contribution in [3.8, 4) is 5.88 Å². The van der Waals surface area contributed by atoms with Crippen LogP contribution >= 0.6 is 22.6 Å². The van der Waals surface area contributed by atoms with Crippen LogP contribution in [0.4, 0.5) is 8.78 Å². The number of aromatic amines is 1. The summed E-state index contributed by atoms with van der Waals surface area (Å²) in [5, 5.41) is 0. The van der Waals surface area contributed by atoms with Gasteiger partial charge in [-0.1, -0.05) is 0 Å². The van der Waals surface area contributed by atoms with Gasteiger partial charge in [-0.25, -0.2) is 8.78 Å². The molecule has 6 heteroatoms. The maximum Gasteiger partial charge on any atom is 0.278 e. The van der Waals surface area contributed by atoms with Crippen LogP contribution in [0.2, 0.25) is 0 Å². The van der Waals surface area contributed by atoms with Gasteiger partial charge < -0.3 is 9.72 Å². The number of methoxy groups -OCH3 is 1. The Labute approximate surface area is 86.2 Å². The third kappa shape index (κ3) is 2.17. The number of halogens is 3. The van der Waals surface area contributed by atoms with Gasteiger partial charge in [0.15, 0.2) is 5.43 Å². The zero-order valence-electron chi connectivity index (χ0n) is 6.61. The van der Waals surface area contributed by atoms with Gasteiger partial charge in [-0.3, -0.25) is 4.79 Å². The summed E-state index contributed by atoms with van der Waals surface area (Å²) in [6.45, 7) is 0. The molecule has 1 heterocycles. The fourth-order valence-electron chi connectivity index (χ4n) is 0.797. The van der Waals surface area contributed by atoms with Gasteiger partial charge in [0, 0.05) is 6.07 Å². The maximum absolute atomic E-state index is 12.2. The van der Waals surface area contributed by atoms with Gasteiger partial charge in [0.25, 0.3) is 6.43 Å². The van der Waals surface area contributed by atoms with Crippen molar-refractivity contribution in [3.05, 3.63) is 25.6 Å². The fourth-order valence-corrected chi connectivity index (χ4v) is 1.31. The number of alkyl halides is 2. The van der Waals surface area contributed by atoms with Crippen molar-refractivity contribution in [2.24, 2.45) is 0 Å². The highest BCUT2D eigenvalue weighted by Gasteiger charge is 2.13. The molecule has 0 amide bonds. The number of H-pyrrole nitrogens is 1. The molecule has 0 saturated carbocycles. The molecular formula is C7H6F2INO2. The number of aromatic nitrogens is 1. The molecule has 0 saturated heterocycles. The lowest BCUT2D eigenvalue weighted by Crippen LogP contribution is -2.10. The van der Waals surface area contributed by atoms with E-state index >= 15 is 0 Å². The van der Waals surface area contributed by atoms with E-state index in [1.165, 1.54) is 7.11 Å². The van der Waals surface area contributed by atoms with E-state index in [-0.39, 0.29) is 9.45 Å². The number of nitrogens with one attached hydrogen (secondary N) is 1. The van der Waals surface area contributed by atoms with Gasteiger partial charge in [0.05, 0.1) is 12.8 Å². The van der Waals surface area contributed by atoms with Crippen molar-refractivity contribution in [2.45, 2.75) is 6.43 Å². The van der Waals surface area contributed by atoms with Crippen molar-refractivity contribution in [2.75, 3.05) is 7.11 Å². The molecule has 1 aromatic heterocycles. The molecule has 1 rings (SSSR count). The summed E-state index contributed by atoms with van der Waals surface area (Å²) in [5.41, 5.74) is -0.895. The molecule has 1 aromatic rings. The molecule has 0 fully saturated rings. The second-order valence-corrected chi connectivity index (χ2v) is 3.32. The van der Waals surface area contributed by atoms with Gasteiger partial charge in [-0.15, -0.1) is 0 Å². The monoisotopic (exact) mass is 301 g/mol. The summed E-state index contributed by atoms with van der Waals surface area (Å²) in [5.74, 6) is 0.0726. The van der Waals surface area contributed by atoms with Crippen LogP contribution in [-0.4, -0.2) is 12.1 Å². The molecule has 3 nitrogen and oxygen atoms in total. The van der Waals surface area contributed by atoms with Gasteiger partial charge in [0.1, 0.15) is 3.57 Å². The Hall–Kier alpha value is -0.660. The van der Waals surface area contributed by atoms with E-state index in [1.54, 1.807) is 22.6 Å². The Kier molecular flexibility index (Phi) is 3.23. The average molecular weight is 301 g/mol. The molecule has 0 unspecified atom stereocenters. The SMILES string of the molecule is COc1[nH]c(C(F)F)cc(=O)c1I. The molecule has 1 N–H and O–H groups in total. The Bertz CT molecular complexity index is 364. The number of ether oxygens (including phenoxy) is 1. The van der Waals surface area contributed by atoms with Crippen LogP contribution < -0.4 is 10.2 Å². The van der Waals surface area contributed by atoms with Crippen LogP contribution in [0, 0.1) is 3.57 Å². The zero-order chi connectivity index (χ0) is 10.0. The predicted octanol–water partition coefficient (Wildman–Crippen LogP) is 1.93. The van der Waals surface area contributed by atoms with Crippen molar-refractivity contribution in [1.29, 1.82) is 0 Å². The Morgan fingerprint density at radius 1 is 1.62 bits per heavy atom. The highest BCUT2D eigenvalue weighted by Crippen LogP contribution is 2.20. The molecule has 0 aliphatic carbocycles. The van der Waals surface area contributed by atoms with Crippen LogP contribution in [0.5, 0.6) is 5.88 Å². The lowest BCUT2D eigenvalue weighted by atomic mass is 10.3. The molecule has 0 bridgehead atoms. The van der Waals surface area contributed by atoms with E-state index < -0.39 is 17.5 Å². The molecule has 0 aromatic carbocycles. The van der Waals surface area contributed by atoms with Crippen LogP contribution in [0.3, 0.4) is 0 Å². The molecule has 0 aliphatic rings. The second-order valence-electron chi connectivity index (χ2n) is 2.24.